The lowest BCUT2D eigenvalue weighted by Gasteiger charge is -2.35. The number of phenolic OH excluding ortho intramolecular Hbond substituents is 1. The van der Waals surface area contributed by atoms with Gasteiger partial charge in [0.1, 0.15) is 11.6 Å². The molecule has 0 unspecified atom stereocenters. The van der Waals surface area contributed by atoms with Crippen LogP contribution in [0.2, 0.25) is 0 Å². The van der Waals surface area contributed by atoms with Gasteiger partial charge < -0.3 is 14.9 Å². The van der Waals surface area contributed by atoms with Crippen LogP contribution in [0.5, 0.6) is 5.75 Å². The zero-order chi connectivity index (χ0) is 18.5. The summed E-state index contributed by atoms with van der Waals surface area (Å²) in [6, 6.07) is 11.3. The van der Waals surface area contributed by atoms with Gasteiger partial charge in [0.25, 0.3) is 0 Å². The van der Waals surface area contributed by atoms with Crippen molar-refractivity contribution in [3.05, 3.63) is 65.5 Å². The predicted octanol–water partition coefficient (Wildman–Crippen LogP) is 3.57. The smallest absolute Gasteiger partial charge is 0.185 e. The molecule has 4 nitrogen and oxygen atoms in total. The molecule has 1 fully saturated rings. The fourth-order valence-corrected chi connectivity index (χ4v) is 3.12. The number of hydrogen-bond acceptors (Lipinski definition) is 4. The van der Waals surface area contributed by atoms with Crippen molar-refractivity contribution >= 4 is 17.5 Å². The highest BCUT2D eigenvalue weighted by atomic mass is 19.1. The fraction of sp³-hybridized carbons (Fsp3) is 0.286. The predicted molar refractivity (Wildman–Crippen MR) is 102 cm³/mol. The third kappa shape index (κ3) is 4.29. The second kappa shape index (κ2) is 8.15. The molecule has 136 valence electrons. The van der Waals surface area contributed by atoms with Gasteiger partial charge in [0.05, 0.1) is 5.69 Å². The van der Waals surface area contributed by atoms with E-state index in [9.17, 15) is 14.3 Å². The molecule has 1 saturated heterocycles. The molecule has 1 aliphatic rings. The standard InChI is InChI=1S/C21H23FN2O2/c1-2-23-10-12-24(13-11-23)20-8-7-17(15-19(20)22)21(26)9-6-16-4-3-5-18(25)14-16/h3-9,14-15,25H,2,10-13H2,1H3. The summed E-state index contributed by atoms with van der Waals surface area (Å²) in [5.41, 5.74) is 1.58. The average molecular weight is 354 g/mol. The van der Waals surface area contributed by atoms with E-state index in [0.717, 1.165) is 32.7 Å². The maximum atomic E-state index is 14.5. The van der Waals surface area contributed by atoms with Crippen molar-refractivity contribution in [1.82, 2.24) is 4.90 Å². The lowest BCUT2D eigenvalue weighted by Crippen LogP contribution is -2.46. The monoisotopic (exact) mass is 354 g/mol. The highest BCUT2D eigenvalue weighted by Gasteiger charge is 2.19. The number of anilines is 1. The van der Waals surface area contributed by atoms with Crippen LogP contribution in [0.25, 0.3) is 6.08 Å². The first-order valence-corrected chi connectivity index (χ1v) is 8.85. The Balaban J connectivity index is 1.70. The minimum atomic E-state index is -0.369. The number of aromatic hydroxyl groups is 1. The van der Waals surface area contributed by atoms with Crippen LogP contribution in [0, 0.1) is 5.82 Å². The third-order valence-corrected chi connectivity index (χ3v) is 4.69. The summed E-state index contributed by atoms with van der Waals surface area (Å²) < 4.78 is 14.5. The van der Waals surface area contributed by atoms with E-state index in [1.54, 1.807) is 42.5 Å². The van der Waals surface area contributed by atoms with E-state index >= 15 is 0 Å². The number of carbonyl (C=O) groups is 1. The maximum Gasteiger partial charge on any atom is 0.185 e. The molecule has 0 amide bonds. The van der Waals surface area contributed by atoms with Gasteiger partial charge in [0.15, 0.2) is 5.78 Å². The molecule has 1 N–H and O–H groups in total. The number of nitrogens with zero attached hydrogens (tertiary/aromatic N) is 2. The van der Waals surface area contributed by atoms with Crippen LogP contribution in [0.15, 0.2) is 48.5 Å². The van der Waals surface area contributed by atoms with Crippen LogP contribution < -0.4 is 4.90 Å². The van der Waals surface area contributed by atoms with Crippen LogP contribution in [-0.4, -0.2) is 48.5 Å². The topological polar surface area (TPSA) is 43.8 Å². The van der Waals surface area contributed by atoms with E-state index in [-0.39, 0.29) is 17.3 Å². The number of halogens is 1. The van der Waals surface area contributed by atoms with E-state index < -0.39 is 0 Å². The van der Waals surface area contributed by atoms with E-state index in [4.69, 9.17) is 0 Å². The van der Waals surface area contributed by atoms with Gasteiger partial charge in [-0.2, -0.15) is 0 Å². The van der Waals surface area contributed by atoms with Gasteiger partial charge in [-0.25, -0.2) is 4.39 Å². The number of benzene rings is 2. The minimum Gasteiger partial charge on any atom is -0.508 e. The molecule has 2 aromatic carbocycles. The second-order valence-corrected chi connectivity index (χ2v) is 6.38. The van der Waals surface area contributed by atoms with Crippen molar-refractivity contribution in [2.24, 2.45) is 0 Å². The molecule has 5 heteroatoms. The van der Waals surface area contributed by atoms with Crippen molar-refractivity contribution in [3.8, 4) is 5.75 Å². The fourth-order valence-electron chi connectivity index (χ4n) is 3.12. The quantitative estimate of drug-likeness (QED) is 0.659. The lowest BCUT2D eigenvalue weighted by atomic mass is 10.1. The first-order valence-electron chi connectivity index (χ1n) is 8.85. The molecule has 3 rings (SSSR count). The molecule has 0 spiro atoms. The molecule has 0 radical (unpaired) electrons. The van der Waals surface area contributed by atoms with Gasteiger partial charge >= 0.3 is 0 Å². The van der Waals surface area contributed by atoms with Crippen molar-refractivity contribution < 1.29 is 14.3 Å². The molecule has 0 bridgehead atoms. The molecular weight excluding hydrogens is 331 g/mol. The van der Waals surface area contributed by atoms with Crippen LogP contribution in [0.4, 0.5) is 10.1 Å². The van der Waals surface area contributed by atoms with Gasteiger partial charge in [-0.3, -0.25) is 4.79 Å². The first kappa shape index (κ1) is 18.1. The summed E-state index contributed by atoms with van der Waals surface area (Å²) in [5, 5.41) is 9.44. The van der Waals surface area contributed by atoms with Crippen molar-refractivity contribution in [2.45, 2.75) is 6.92 Å². The van der Waals surface area contributed by atoms with E-state index in [0.29, 0.717) is 16.8 Å². The largest absolute Gasteiger partial charge is 0.508 e. The average Bonchev–Trinajstić information content (AvgIpc) is 2.66. The Morgan fingerprint density at radius 3 is 2.58 bits per heavy atom. The molecule has 2 aromatic rings. The summed E-state index contributed by atoms with van der Waals surface area (Å²) in [7, 11) is 0. The van der Waals surface area contributed by atoms with Gasteiger partial charge in [-0.1, -0.05) is 25.1 Å². The van der Waals surface area contributed by atoms with Crippen LogP contribution in [0.1, 0.15) is 22.8 Å². The molecule has 0 saturated carbocycles. The van der Waals surface area contributed by atoms with Crippen LogP contribution in [-0.2, 0) is 0 Å². The third-order valence-electron chi connectivity index (χ3n) is 4.69. The molecule has 1 heterocycles. The molecule has 0 aliphatic carbocycles. The Labute approximate surface area is 153 Å². The van der Waals surface area contributed by atoms with E-state index in [1.165, 1.54) is 12.1 Å². The van der Waals surface area contributed by atoms with Gasteiger partial charge in [0, 0.05) is 31.7 Å². The van der Waals surface area contributed by atoms with E-state index in [2.05, 4.69) is 11.8 Å². The number of piperazine rings is 1. The van der Waals surface area contributed by atoms with Gasteiger partial charge in [-0.05, 0) is 48.5 Å². The van der Waals surface area contributed by atoms with Crippen molar-refractivity contribution in [1.29, 1.82) is 0 Å². The number of ketones is 1. The van der Waals surface area contributed by atoms with Crippen LogP contribution >= 0.6 is 0 Å². The summed E-state index contributed by atoms with van der Waals surface area (Å²) in [5.74, 6) is -0.501. The van der Waals surface area contributed by atoms with E-state index in [1.807, 2.05) is 4.90 Å². The Morgan fingerprint density at radius 2 is 1.92 bits per heavy atom. The second-order valence-electron chi connectivity index (χ2n) is 6.38. The molecule has 26 heavy (non-hydrogen) atoms. The number of likely N-dealkylation sites (N-methyl/N-ethyl adjacent to an activating group) is 1. The molecule has 0 aromatic heterocycles. The van der Waals surface area contributed by atoms with Crippen LogP contribution in [0.3, 0.4) is 0 Å². The highest BCUT2D eigenvalue weighted by molar-refractivity contribution is 6.07. The highest BCUT2D eigenvalue weighted by Crippen LogP contribution is 2.22. The number of rotatable bonds is 5. The Morgan fingerprint density at radius 1 is 1.15 bits per heavy atom. The summed E-state index contributed by atoms with van der Waals surface area (Å²) >= 11 is 0. The molecule has 1 aliphatic heterocycles. The maximum absolute atomic E-state index is 14.5. The number of phenols is 1. The lowest BCUT2D eigenvalue weighted by molar-refractivity contribution is 0.104. The number of hydrogen-bond donors (Lipinski definition) is 1. The summed E-state index contributed by atoms with van der Waals surface area (Å²) in [6.45, 7) is 6.55. The molecular formula is C21H23FN2O2. The van der Waals surface area contributed by atoms with Crippen molar-refractivity contribution in [3.63, 3.8) is 0 Å². The Hall–Kier alpha value is -2.66. The Kier molecular flexibility index (Phi) is 5.68. The Bertz CT molecular complexity index is 811. The summed E-state index contributed by atoms with van der Waals surface area (Å²) in [6.07, 6.45) is 3.00. The van der Waals surface area contributed by atoms with Gasteiger partial charge in [-0.15, -0.1) is 0 Å². The minimum absolute atomic E-state index is 0.137. The number of allylic oxidation sites excluding steroid dienone is 1. The van der Waals surface area contributed by atoms with Crippen molar-refractivity contribution in [2.75, 3.05) is 37.6 Å². The zero-order valence-electron chi connectivity index (χ0n) is 14.9. The summed E-state index contributed by atoms with van der Waals surface area (Å²) in [4.78, 5) is 16.6. The molecule has 0 atom stereocenters. The zero-order valence-corrected chi connectivity index (χ0v) is 14.9. The van der Waals surface area contributed by atoms with Gasteiger partial charge in [0.2, 0.25) is 0 Å². The number of carbonyl (C=O) groups excluding carboxylic acids is 1. The normalized spacial score (nSPS) is 15.5. The SMILES string of the molecule is CCN1CCN(c2ccc(C(=O)C=Cc3cccc(O)c3)cc2F)CC1. The first-order chi connectivity index (χ1) is 12.6.